The first-order valence-electron chi connectivity index (χ1n) is 12.5. The summed E-state index contributed by atoms with van der Waals surface area (Å²) in [6.07, 6.45) is -0.0976. The lowest BCUT2D eigenvalue weighted by atomic mass is 9.90. The van der Waals surface area contributed by atoms with Gasteiger partial charge in [-0.1, -0.05) is 37.3 Å². The Morgan fingerprint density at radius 2 is 1.62 bits per heavy atom. The van der Waals surface area contributed by atoms with Crippen LogP contribution in [0.1, 0.15) is 31.9 Å². The summed E-state index contributed by atoms with van der Waals surface area (Å²) < 4.78 is 17.0. The van der Waals surface area contributed by atoms with E-state index in [0.717, 1.165) is 17.7 Å². The third-order valence-electron chi connectivity index (χ3n) is 6.50. The van der Waals surface area contributed by atoms with Crippen LogP contribution in [0.3, 0.4) is 0 Å². The average molecular weight is 503 g/mol. The van der Waals surface area contributed by atoms with E-state index in [2.05, 4.69) is 0 Å². The monoisotopic (exact) mass is 502 g/mol. The van der Waals surface area contributed by atoms with Crippen LogP contribution in [0.5, 0.6) is 17.2 Å². The molecule has 2 fully saturated rings. The van der Waals surface area contributed by atoms with Crippen LogP contribution in [-0.2, 0) is 14.4 Å². The molecule has 8 heteroatoms. The molecule has 0 radical (unpaired) electrons. The van der Waals surface area contributed by atoms with Gasteiger partial charge in [-0.05, 0) is 55.3 Å². The number of hydrogen-bond donors (Lipinski definition) is 0. The van der Waals surface area contributed by atoms with E-state index in [1.807, 2.05) is 62.4 Å². The Kier molecular flexibility index (Phi) is 7.01. The summed E-state index contributed by atoms with van der Waals surface area (Å²) in [7, 11) is 1.58. The van der Waals surface area contributed by atoms with E-state index in [9.17, 15) is 9.59 Å². The fourth-order valence-corrected chi connectivity index (χ4v) is 4.89. The molecule has 192 valence electrons. The van der Waals surface area contributed by atoms with Gasteiger partial charge in [0.1, 0.15) is 11.7 Å². The smallest absolute Gasteiger partial charge is 0.266 e. The number of hydrogen-bond acceptors (Lipinski definition) is 7. The average Bonchev–Trinajstić information content (AvgIpc) is 3.44. The Labute approximate surface area is 216 Å². The standard InChI is InChI=1S/C29H30N2O6/c1-4-16-36-23-15-14-19(17-24(23)34-3)26-25-27(37-31(26)20-10-7-6-8-11-20)29(33)30(28(25)32)21-12-9-13-22(18-21)35-5-2/h6-15,17-18,25-27H,4-5,16H2,1-3H3/t25-,26-,27+/m1/s1. The number of methoxy groups -OCH3 is 1. The van der Waals surface area contributed by atoms with E-state index in [-0.39, 0.29) is 5.91 Å². The molecule has 0 aromatic heterocycles. The largest absolute Gasteiger partial charge is 0.494 e. The number of benzene rings is 3. The molecule has 37 heavy (non-hydrogen) atoms. The second-order valence-corrected chi connectivity index (χ2v) is 8.86. The fraction of sp³-hybridized carbons (Fsp3) is 0.310. The lowest BCUT2D eigenvalue weighted by Gasteiger charge is -2.29. The second kappa shape index (κ2) is 10.5. The zero-order valence-corrected chi connectivity index (χ0v) is 21.1. The highest BCUT2D eigenvalue weighted by molar-refractivity contribution is 6.24. The van der Waals surface area contributed by atoms with Crippen LogP contribution in [0.15, 0.2) is 72.8 Å². The molecule has 2 aliphatic heterocycles. The first-order chi connectivity index (χ1) is 18.1. The quantitative estimate of drug-likeness (QED) is 0.384. The first kappa shape index (κ1) is 24.6. The van der Waals surface area contributed by atoms with Crippen molar-refractivity contribution in [2.75, 3.05) is 30.3 Å². The Morgan fingerprint density at radius 1 is 0.838 bits per heavy atom. The number of nitrogens with zero attached hydrogens (tertiary/aromatic N) is 2. The van der Waals surface area contributed by atoms with Gasteiger partial charge in [-0.2, -0.15) is 0 Å². The van der Waals surface area contributed by atoms with Crippen molar-refractivity contribution in [3.05, 3.63) is 78.4 Å². The van der Waals surface area contributed by atoms with E-state index in [0.29, 0.717) is 36.1 Å². The van der Waals surface area contributed by atoms with Gasteiger partial charge in [-0.25, -0.2) is 9.96 Å². The SMILES string of the molecule is CCCOc1ccc([C@@H]2[C@H]3C(=O)N(c4cccc(OCC)c4)C(=O)[C@H]3ON2c2ccccc2)cc1OC. The molecule has 8 nitrogen and oxygen atoms in total. The molecule has 0 bridgehead atoms. The number of rotatable bonds is 9. The van der Waals surface area contributed by atoms with Gasteiger partial charge in [0.25, 0.3) is 5.91 Å². The molecule has 5 rings (SSSR count). The number of imide groups is 1. The van der Waals surface area contributed by atoms with Crippen LogP contribution in [0, 0.1) is 5.92 Å². The molecule has 0 saturated carbocycles. The summed E-state index contributed by atoms with van der Waals surface area (Å²) in [6, 6.07) is 21.5. The van der Waals surface area contributed by atoms with Gasteiger partial charge in [0, 0.05) is 6.07 Å². The first-order valence-corrected chi connectivity index (χ1v) is 12.5. The number of anilines is 2. The number of carbonyl (C=O) groups is 2. The molecule has 0 unspecified atom stereocenters. The molecule has 3 aromatic rings. The van der Waals surface area contributed by atoms with E-state index >= 15 is 0 Å². The third kappa shape index (κ3) is 4.49. The normalized spacial score (nSPS) is 20.8. The van der Waals surface area contributed by atoms with Crippen LogP contribution in [0.4, 0.5) is 11.4 Å². The van der Waals surface area contributed by atoms with Gasteiger partial charge in [-0.15, -0.1) is 0 Å². The molecule has 2 saturated heterocycles. The van der Waals surface area contributed by atoms with Crippen LogP contribution < -0.4 is 24.2 Å². The van der Waals surface area contributed by atoms with Crippen molar-refractivity contribution < 1.29 is 28.6 Å². The number of fused-ring (bicyclic) bond motifs is 1. The van der Waals surface area contributed by atoms with Gasteiger partial charge >= 0.3 is 0 Å². The fourth-order valence-electron chi connectivity index (χ4n) is 4.89. The summed E-state index contributed by atoms with van der Waals surface area (Å²) in [5.41, 5.74) is 1.99. The molecular formula is C29H30N2O6. The summed E-state index contributed by atoms with van der Waals surface area (Å²) in [6.45, 7) is 4.96. The third-order valence-corrected chi connectivity index (χ3v) is 6.50. The van der Waals surface area contributed by atoms with E-state index in [4.69, 9.17) is 19.0 Å². The van der Waals surface area contributed by atoms with Crippen molar-refractivity contribution in [1.82, 2.24) is 0 Å². The Morgan fingerprint density at radius 3 is 2.35 bits per heavy atom. The van der Waals surface area contributed by atoms with Crippen LogP contribution >= 0.6 is 0 Å². The zero-order valence-electron chi connectivity index (χ0n) is 21.1. The summed E-state index contributed by atoms with van der Waals surface area (Å²) >= 11 is 0. The molecule has 3 atom stereocenters. The van der Waals surface area contributed by atoms with Crippen molar-refractivity contribution >= 4 is 23.2 Å². The van der Waals surface area contributed by atoms with Gasteiger partial charge < -0.3 is 14.2 Å². The van der Waals surface area contributed by atoms with Gasteiger partial charge in [0.05, 0.1) is 37.7 Å². The number of carbonyl (C=O) groups excluding carboxylic acids is 2. The molecule has 2 amide bonds. The molecular weight excluding hydrogens is 472 g/mol. The number of ether oxygens (including phenoxy) is 3. The van der Waals surface area contributed by atoms with Crippen LogP contribution in [-0.4, -0.2) is 38.2 Å². The Hall–Kier alpha value is -4.04. The van der Waals surface area contributed by atoms with E-state index in [1.54, 1.807) is 36.4 Å². The van der Waals surface area contributed by atoms with Crippen molar-refractivity contribution in [1.29, 1.82) is 0 Å². The van der Waals surface area contributed by atoms with Crippen molar-refractivity contribution in [2.24, 2.45) is 5.92 Å². The minimum absolute atomic E-state index is 0.322. The second-order valence-electron chi connectivity index (χ2n) is 8.86. The molecule has 3 aromatic carbocycles. The molecule has 2 aliphatic rings. The number of para-hydroxylation sites is 1. The van der Waals surface area contributed by atoms with E-state index < -0.39 is 24.0 Å². The maximum absolute atomic E-state index is 13.9. The Balaban J connectivity index is 1.55. The topological polar surface area (TPSA) is 77.5 Å². The molecule has 0 spiro atoms. The zero-order chi connectivity index (χ0) is 25.9. The predicted octanol–water partition coefficient (Wildman–Crippen LogP) is 4.93. The predicted molar refractivity (Wildman–Crippen MR) is 139 cm³/mol. The lowest BCUT2D eigenvalue weighted by Crippen LogP contribution is -2.37. The highest BCUT2D eigenvalue weighted by Gasteiger charge is 2.60. The van der Waals surface area contributed by atoms with Crippen molar-refractivity contribution in [3.8, 4) is 17.2 Å². The van der Waals surface area contributed by atoms with E-state index in [1.165, 1.54) is 4.90 Å². The van der Waals surface area contributed by atoms with Gasteiger partial charge in [0.15, 0.2) is 17.6 Å². The van der Waals surface area contributed by atoms with Crippen molar-refractivity contribution in [2.45, 2.75) is 32.4 Å². The molecule has 2 heterocycles. The molecule has 0 N–H and O–H groups in total. The number of hydroxylamine groups is 1. The van der Waals surface area contributed by atoms with Gasteiger partial charge in [0.2, 0.25) is 5.91 Å². The summed E-state index contributed by atoms with van der Waals surface area (Å²) in [5.74, 6) is 0.293. The maximum Gasteiger partial charge on any atom is 0.266 e. The highest BCUT2D eigenvalue weighted by atomic mass is 16.7. The maximum atomic E-state index is 13.9. The minimum atomic E-state index is -0.963. The van der Waals surface area contributed by atoms with Crippen LogP contribution in [0.2, 0.25) is 0 Å². The highest BCUT2D eigenvalue weighted by Crippen LogP contribution is 2.48. The minimum Gasteiger partial charge on any atom is -0.494 e. The summed E-state index contributed by atoms with van der Waals surface area (Å²) in [5, 5.41) is 1.67. The molecule has 0 aliphatic carbocycles. The van der Waals surface area contributed by atoms with Crippen molar-refractivity contribution in [3.63, 3.8) is 0 Å². The van der Waals surface area contributed by atoms with Crippen LogP contribution in [0.25, 0.3) is 0 Å². The summed E-state index contributed by atoms with van der Waals surface area (Å²) in [4.78, 5) is 34.9. The Bertz CT molecular complexity index is 1280. The number of amides is 2. The van der Waals surface area contributed by atoms with Gasteiger partial charge in [-0.3, -0.25) is 14.4 Å². The lowest BCUT2D eigenvalue weighted by molar-refractivity contribution is -0.126.